The van der Waals surface area contributed by atoms with E-state index in [0.717, 1.165) is 66.5 Å². The maximum Gasteiger partial charge on any atom is 0.255 e. The molecule has 226 valence electrons. The lowest BCUT2D eigenvalue weighted by Gasteiger charge is -2.36. The van der Waals surface area contributed by atoms with E-state index in [1.54, 1.807) is 7.11 Å². The Bertz CT molecular complexity index is 1210. The molecule has 3 aromatic rings. The molecular weight excluding hydrogens is 621 g/mol. The highest BCUT2D eigenvalue weighted by atomic mass is 79.9. The van der Waals surface area contributed by atoms with Crippen molar-refractivity contribution >= 4 is 61.5 Å². The van der Waals surface area contributed by atoms with E-state index >= 15 is 0 Å². The molecule has 1 saturated heterocycles. The largest absolute Gasteiger partial charge is 0.495 e. The van der Waals surface area contributed by atoms with E-state index in [0.29, 0.717) is 27.9 Å². The number of ether oxygens (including phenoxy) is 1. The predicted molar refractivity (Wildman–Crippen MR) is 181 cm³/mol. The first-order valence-corrected chi connectivity index (χ1v) is 16.4. The lowest BCUT2D eigenvalue weighted by Crippen LogP contribution is -2.46. The van der Waals surface area contributed by atoms with Gasteiger partial charge in [-0.05, 0) is 43.0 Å². The molecule has 1 aliphatic heterocycles. The Morgan fingerprint density at radius 2 is 1.59 bits per heavy atom. The Kier molecular flexibility index (Phi) is 16.5. The van der Waals surface area contributed by atoms with Gasteiger partial charge in [0.05, 0.1) is 28.4 Å². The molecule has 8 heteroatoms. The molecule has 41 heavy (non-hydrogen) atoms. The van der Waals surface area contributed by atoms with Gasteiger partial charge < -0.3 is 15.0 Å². The third-order valence-electron chi connectivity index (χ3n) is 6.93. The summed E-state index contributed by atoms with van der Waals surface area (Å²) in [6, 6.07) is 15.5. The summed E-state index contributed by atoms with van der Waals surface area (Å²) in [5, 5.41) is 6.21. The summed E-state index contributed by atoms with van der Waals surface area (Å²) in [7, 11) is 1.60. The summed E-state index contributed by atoms with van der Waals surface area (Å²) in [4.78, 5) is 17.6. The van der Waals surface area contributed by atoms with Crippen LogP contribution >= 0.6 is 39.1 Å². The number of fused-ring (bicyclic) bond motifs is 1. The van der Waals surface area contributed by atoms with Gasteiger partial charge in [-0.25, -0.2) is 0 Å². The summed E-state index contributed by atoms with van der Waals surface area (Å²) in [6.07, 6.45) is 6.02. The lowest BCUT2D eigenvalue weighted by atomic mass is 10.0. The predicted octanol–water partition coefficient (Wildman–Crippen LogP) is 9.47. The second kappa shape index (κ2) is 19.2. The summed E-state index contributed by atoms with van der Waals surface area (Å²) in [5.74, 6) is 0.490. The molecule has 1 amide bonds. The first-order valence-electron chi connectivity index (χ1n) is 14.9. The van der Waals surface area contributed by atoms with Gasteiger partial charge in [0, 0.05) is 42.6 Å². The van der Waals surface area contributed by atoms with Crippen molar-refractivity contribution in [1.82, 2.24) is 10.2 Å². The first-order chi connectivity index (χ1) is 19.9. The van der Waals surface area contributed by atoms with Crippen LogP contribution in [0.4, 0.5) is 5.69 Å². The second-order valence-electron chi connectivity index (χ2n) is 9.70. The summed E-state index contributed by atoms with van der Waals surface area (Å²) >= 11 is 16.1. The molecule has 3 aromatic carbocycles. The number of piperazine rings is 1. The van der Waals surface area contributed by atoms with Gasteiger partial charge >= 0.3 is 0 Å². The van der Waals surface area contributed by atoms with Crippen LogP contribution in [0.5, 0.6) is 5.75 Å². The average molecular weight is 668 g/mol. The standard InChI is InChI=1S/C26H28BrCl2N3O2.C5H12.C2H6/c1-34-25-19-8-3-2-7-18(19)21(27)17-20(25)26(33)30-11-4-5-12-31-13-15-32(16-14-31)23-10-6-9-22(28)24(23)29;1-3-5-4-2;1-2/h2-3,6-10,17H,4-5,11-16H2,1H3,(H,30,33);3-5H2,1-2H3;1-2H3. The summed E-state index contributed by atoms with van der Waals surface area (Å²) in [6.45, 7) is 13.9. The Labute approximate surface area is 265 Å². The van der Waals surface area contributed by atoms with E-state index < -0.39 is 0 Å². The normalized spacial score (nSPS) is 13.1. The van der Waals surface area contributed by atoms with Crippen LogP contribution in [0, 0.1) is 0 Å². The van der Waals surface area contributed by atoms with E-state index in [9.17, 15) is 4.79 Å². The monoisotopic (exact) mass is 665 g/mol. The number of rotatable bonds is 10. The third-order valence-corrected chi connectivity index (χ3v) is 8.40. The van der Waals surface area contributed by atoms with E-state index in [1.165, 1.54) is 19.3 Å². The number of halogens is 3. The fraction of sp³-hybridized carbons (Fsp3) is 0.485. The minimum Gasteiger partial charge on any atom is -0.495 e. The molecule has 1 fully saturated rings. The van der Waals surface area contributed by atoms with Gasteiger partial charge in [0.15, 0.2) is 0 Å². The Balaban J connectivity index is 0.000000759. The van der Waals surface area contributed by atoms with Crippen molar-refractivity contribution < 1.29 is 9.53 Å². The third kappa shape index (κ3) is 10.3. The van der Waals surface area contributed by atoms with E-state index in [4.69, 9.17) is 27.9 Å². The molecule has 1 heterocycles. The van der Waals surface area contributed by atoms with Crippen LogP contribution in [-0.4, -0.2) is 57.2 Å². The Morgan fingerprint density at radius 1 is 0.927 bits per heavy atom. The van der Waals surface area contributed by atoms with Crippen LogP contribution in [0.3, 0.4) is 0 Å². The summed E-state index contributed by atoms with van der Waals surface area (Å²) in [5.41, 5.74) is 1.55. The number of amides is 1. The zero-order valence-corrected chi connectivity index (χ0v) is 28.3. The SMILES string of the molecule is CC.CCCCC.COc1c(C(=O)NCCCCN2CCN(c3cccc(Cl)c3Cl)CC2)cc(Br)c2ccccc12. The fourth-order valence-corrected chi connectivity index (χ4v) is 5.74. The van der Waals surface area contributed by atoms with Crippen LogP contribution in [0.25, 0.3) is 10.8 Å². The molecule has 0 atom stereocenters. The van der Waals surface area contributed by atoms with Gasteiger partial charge in [0.1, 0.15) is 5.75 Å². The Morgan fingerprint density at radius 3 is 2.20 bits per heavy atom. The fourth-order valence-electron chi connectivity index (χ4n) is 4.75. The molecular formula is C33H46BrCl2N3O2. The van der Waals surface area contributed by atoms with Crippen molar-refractivity contribution in [3.63, 3.8) is 0 Å². The second-order valence-corrected chi connectivity index (χ2v) is 11.3. The summed E-state index contributed by atoms with van der Waals surface area (Å²) < 4.78 is 6.47. The van der Waals surface area contributed by atoms with Crippen LogP contribution in [0.1, 0.15) is 70.2 Å². The van der Waals surface area contributed by atoms with Crippen molar-refractivity contribution in [2.45, 2.75) is 59.8 Å². The maximum atomic E-state index is 12.9. The lowest BCUT2D eigenvalue weighted by molar-refractivity contribution is 0.0949. The zero-order chi connectivity index (χ0) is 30.2. The van der Waals surface area contributed by atoms with Gasteiger partial charge in [0.25, 0.3) is 5.91 Å². The van der Waals surface area contributed by atoms with E-state index in [-0.39, 0.29) is 5.91 Å². The molecule has 0 bridgehead atoms. The van der Waals surface area contributed by atoms with Crippen LogP contribution in [-0.2, 0) is 0 Å². The molecule has 0 unspecified atom stereocenters. The number of nitrogens with one attached hydrogen (secondary N) is 1. The van der Waals surface area contributed by atoms with Crippen molar-refractivity contribution in [3.05, 3.63) is 68.6 Å². The molecule has 0 saturated carbocycles. The topological polar surface area (TPSA) is 44.8 Å². The minimum absolute atomic E-state index is 0.115. The van der Waals surface area contributed by atoms with Gasteiger partial charge in [-0.1, -0.05) is 116 Å². The van der Waals surface area contributed by atoms with Crippen molar-refractivity contribution in [1.29, 1.82) is 0 Å². The molecule has 0 aliphatic carbocycles. The molecule has 0 radical (unpaired) electrons. The number of carbonyl (C=O) groups is 1. The number of unbranched alkanes of at least 4 members (excludes halogenated alkanes) is 3. The number of benzene rings is 3. The van der Waals surface area contributed by atoms with Gasteiger partial charge in [0.2, 0.25) is 0 Å². The number of anilines is 1. The maximum absolute atomic E-state index is 12.9. The van der Waals surface area contributed by atoms with Gasteiger partial charge in [-0.3, -0.25) is 9.69 Å². The van der Waals surface area contributed by atoms with Crippen LogP contribution in [0.15, 0.2) is 53.0 Å². The highest BCUT2D eigenvalue weighted by Crippen LogP contribution is 2.35. The van der Waals surface area contributed by atoms with E-state index in [2.05, 4.69) is 44.9 Å². The molecule has 4 rings (SSSR count). The zero-order valence-electron chi connectivity index (χ0n) is 25.2. The average Bonchev–Trinajstić information content (AvgIpc) is 3.00. The highest BCUT2D eigenvalue weighted by Gasteiger charge is 2.20. The van der Waals surface area contributed by atoms with Crippen molar-refractivity contribution in [2.24, 2.45) is 0 Å². The number of hydrogen-bond donors (Lipinski definition) is 1. The molecule has 1 N–H and O–H groups in total. The van der Waals surface area contributed by atoms with Crippen molar-refractivity contribution in [3.8, 4) is 5.75 Å². The van der Waals surface area contributed by atoms with Crippen molar-refractivity contribution in [2.75, 3.05) is 51.3 Å². The van der Waals surface area contributed by atoms with Gasteiger partial charge in [-0.15, -0.1) is 0 Å². The van der Waals surface area contributed by atoms with E-state index in [1.807, 2.05) is 62.4 Å². The number of nitrogens with zero attached hydrogens (tertiary/aromatic N) is 2. The number of hydrogen-bond acceptors (Lipinski definition) is 4. The molecule has 5 nitrogen and oxygen atoms in total. The molecule has 0 spiro atoms. The number of carbonyl (C=O) groups excluding carboxylic acids is 1. The first kappa shape index (κ1) is 35.2. The van der Waals surface area contributed by atoms with Crippen LogP contribution in [0.2, 0.25) is 10.0 Å². The highest BCUT2D eigenvalue weighted by molar-refractivity contribution is 9.10. The molecule has 1 aliphatic rings. The van der Waals surface area contributed by atoms with Gasteiger partial charge in [-0.2, -0.15) is 0 Å². The Hall–Kier alpha value is -1.99. The minimum atomic E-state index is -0.115. The molecule has 0 aromatic heterocycles. The quantitative estimate of drug-likeness (QED) is 0.219. The van der Waals surface area contributed by atoms with Crippen LogP contribution < -0.4 is 15.0 Å². The number of methoxy groups -OCH3 is 1. The smallest absolute Gasteiger partial charge is 0.255 e.